The van der Waals surface area contributed by atoms with E-state index in [0.717, 1.165) is 24.3 Å². The third-order valence-electron chi connectivity index (χ3n) is 5.27. The van der Waals surface area contributed by atoms with Gasteiger partial charge in [0.25, 0.3) is 5.91 Å². The van der Waals surface area contributed by atoms with Crippen LogP contribution in [0.25, 0.3) is 11.4 Å². The first-order valence-electron chi connectivity index (χ1n) is 10.2. The molecule has 0 saturated carbocycles. The Hall–Kier alpha value is -3.57. The highest BCUT2D eigenvalue weighted by Gasteiger charge is 2.38. The van der Waals surface area contributed by atoms with E-state index in [9.17, 15) is 31.1 Å². The van der Waals surface area contributed by atoms with Gasteiger partial charge in [-0.2, -0.15) is 31.3 Å². The number of hydrogen-bond donors (Lipinski definition) is 0. The Labute approximate surface area is 189 Å². The summed E-state index contributed by atoms with van der Waals surface area (Å²) in [4.78, 5) is 17.5. The second-order valence-corrected chi connectivity index (χ2v) is 7.63. The molecule has 3 aromatic rings. The lowest BCUT2D eigenvalue weighted by Gasteiger charge is -2.32. The Morgan fingerprint density at radius 2 is 1.53 bits per heavy atom. The molecule has 1 amide bonds. The van der Waals surface area contributed by atoms with Crippen molar-refractivity contribution in [1.29, 1.82) is 0 Å². The first kappa shape index (κ1) is 23.6. The summed E-state index contributed by atoms with van der Waals surface area (Å²) in [5.74, 6) is -1.50. The van der Waals surface area contributed by atoms with Crippen LogP contribution in [0.1, 0.15) is 34.7 Å². The van der Waals surface area contributed by atoms with Gasteiger partial charge >= 0.3 is 18.2 Å². The Morgan fingerprint density at radius 1 is 0.912 bits per heavy atom. The van der Waals surface area contributed by atoms with Crippen molar-refractivity contribution in [3.05, 3.63) is 65.5 Å². The molecule has 180 valence electrons. The van der Waals surface area contributed by atoms with E-state index in [1.54, 1.807) is 17.0 Å². The highest BCUT2D eigenvalue weighted by atomic mass is 19.4. The van der Waals surface area contributed by atoms with Gasteiger partial charge in [0.05, 0.1) is 5.56 Å². The van der Waals surface area contributed by atoms with Crippen molar-refractivity contribution in [3.63, 3.8) is 0 Å². The van der Waals surface area contributed by atoms with Crippen LogP contribution in [0.4, 0.5) is 26.3 Å². The number of likely N-dealkylation sites (tertiary alicyclic amines) is 1. The van der Waals surface area contributed by atoms with Crippen molar-refractivity contribution in [1.82, 2.24) is 15.0 Å². The molecule has 0 spiro atoms. The molecule has 12 heteroatoms. The number of hydrogen-bond acceptors (Lipinski definition) is 5. The summed E-state index contributed by atoms with van der Waals surface area (Å²) in [6.45, 7) is 0.734. The molecule has 1 aliphatic heterocycles. The third-order valence-corrected chi connectivity index (χ3v) is 5.27. The molecular weight excluding hydrogens is 468 g/mol. The van der Waals surface area contributed by atoms with Gasteiger partial charge < -0.3 is 14.2 Å². The average Bonchev–Trinajstić information content (AvgIpc) is 3.30. The topological polar surface area (TPSA) is 68.5 Å². The Kier molecular flexibility index (Phi) is 6.24. The highest BCUT2D eigenvalue weighted by molar-refractivity contribution is 5.94. The third kappa shape index (κ3) is 5.32. The molecule has 2 aromatic carbocycles. The van der Waals surface area contributed by atoms with Crippen LogP contribution in [0, 0.1) is 0 Å². The number of benzene rings is 2. The van der Waals surface area contributed by atoms with E-state index in [-0.39, 0.29) is 23.4 Å². The molecule has 34 heavy (non-hydrogen) atoms. The summed E-state index contributed by atoms with van der Waals surface area (Å²) >= 11 is 0. The summed E-state index contributed by atoms with van der Waals surface area (Å²) in [5, 5.41) is 3.32. The van der Waals surface area contributed by atoms with Crippen molar-refractivity contribution in [3.8, 4) is 17.1 Å². The van der Waals surface area contributed by atoms with E-state index in [0.29, 0.717) is 37.2 Å². The van der Waals surface area contributed by atoms with Crippen molar-refractivity contribution in [2.24, 2.45) is 0 Å². The predicted molar refractivity (Wildman–Crippen MR) is 106 cm³/mol. The van der Waals surface area contributed by atoms with Gasteiger partial charge in [0.1, 0.15) is 11.9 Å². The Morgan fingerprint density at radius 3 is 2.06 bits per heavy atom. The summed E-state index contributed by atoms with van der Waals surface area (Å²) in [5.41, 5.74) is -0.316. The summed E-state index contributed by atoms with van der Waals surface area (Å²) in [6.07, 6.45) is -8.38. The van der Waals surface area contributed by atoms with Crippen LogP contribution in [-0.4, -0.2) is 40.1 Å². The lowest BCUT2D eigenvalue weighted by Crippen LogP contribution is -2.41. The van der Waals surface area contributed by atoms with Gasteiger partial charge in [-0.15, -0.1) is 0 Å². The molecule has 1 aliphatic rings. The number of halogens is 6. The first-order chi connectivity index (χ1) is 16.0. The van der Waals surface area contributed by atoms with Gasteiger partial charge in [-0.1, -0.05) is 5.16 Å². The molecule has 1 fully saturated rings. The minimum absolute atomic E-state index is 0.179. The fourth-order valence-corrected chi connectivity index (χ4v) is 3.49. The molecule has 0 aliphatic carbocycles. The largest absolute Gasteiger partial charge is 0.490 e. The summed E-state index contributed by atoms with van der Waals surface area (Å²) in [7, 11) is 0. The molecule has 1 aromatic heterocycles. The molecule has 4 rings (SSSR count). The monoisotopic (exact) mass is 485 g/mol. The highest BCUT2D eigenvalue weighted by Crippen LogP contribution is 2.31. The molecule has 2 heterocycles. The number of alkyl halides is 6. The predicted octanol–water partition coefficient (Wildman–Crippen LogP) is 5.46. The molecule has 0 atom stereocenters. The molecule has 0 unspecified atom stereocenters. The lowest BCUT2D eigenvalue weighted by molar-refractivity contribution is -0.159. The molecule has 0 bridgehead atoms. The zero-order valence-electron chi connectivity index (χ0n) is 17.4. The number of piperidine rings is 1. The van der Waals surface area contributed by atoms with Gasteiger partial charge in [-0.25, -0.2) is 0 Å². The number of carbonyl (C=O) groups excluding carboxylic acids is 1. The van der Waals surface area contributed by atoms with Gasteiger partial charge in [0.2, 0.25) is 5.82 Å². The normalized spacial score (nSPS) is 15.4. The second kappa shape index (κ2) is 8.99. The molecule has 0 radical (unpaired) electrons. The van der Waals surface area contributed by atoms with E-state index < -0.39 is 23.8 Å². The average molecular weight is 485 g/mol. The number of nitrogens with zero attached hydrogens (tertiary/aromatic N) is 3. The van der Waals surface area contributed by atoms with Crippen LogP contribution in [0.5, 0.6) is 5.75 Å². The zero-order chi connectivity index (χ0) is 24.5. The van der Waals surface area contributed by atoms with Gasteiger partial charge in [0, 0.05) is 37.1 Å². The number of aromatic nitrogens is 2. The van der Waals surface area contributed by atoms with Crippen LogP contribution in [0.2, 0.25) is 0 Å². The van der Waals surface area contributed by atoms with Crippen LogP contribution < -0.4 is 4.74 Å². The van der Waals surface area contributed by atoms with E-state index in [1.807, 2.05) is 0 Å². The molecular formula is C22H17F6N3O3. The van der Waals surface area contributed by atoms with Gasteiger partial charge in [-0.05, 0) is 48.5 Å². The van der Waals surface area contributed by atoms with Crippen LogP contribution in [-0.2, 0) is 12.4 Å². The van der Waals surface area contributed by atoms with E-state index in [1.165, 1.54) is 12.1 Å². The molecule has 0 N–H and O–H groups in total. The van der Waals surface area contributed by atoms with E-state index in [2.05, 4.69) is 14.7 Å². The van der Waals surface area contributed by atoms with Crippen LogP contribution in [0.3, 0.4) is 0 Å². The minimum atomic E-state index is -4.73. The standard InChI is InChI=1S/C22H17F6N3O3/c23-21(24,25)15-5-1-14(2-6-15)19(32)31-11-9-17(10-12-31)33-16-7-3-13(4-8-16)18-29-20(34-30-18)22(26,27)28/h1-8,17H,9-12H2. The number of rotatable bonds is 4. The maximum Gasteiger partial charge on any atom is 0.471 e. The lowest BCUT2D eigenvalue weighted by atomic mass is 10.1. The van der Waals surface area contributed by atoms with Crippen LogP contribution in [0.15, 0.2) is 53.1 Å². The van der Waals surface area contributed by atoms with Crippen molar-refractivity contribution in [2.75, 3.05) is 13.1 Å². The molecule has 1 saturated heterocycles. The second-order valence-electron chi connectivity index (χ2n) is 7.63. The van der Waals surface area contributed by atoms with E-state index >= 15 is 0 Å². The summed E-state index contributed by atoms with van der Waals surface area (Å²) in [6, 6.07) is 10.2. The quantitative estimate of drug-likeness (QED) is 0.460. The molecule has 6 nitrogen and oxygen atoms in total. The number of amides is 1. The maximum absolute atomic E-state index is 12.7. The fourth-order valence-electron chi connectivity index (χ4n) is 3.49. The van der Waals surface area contributed by atoms with Gasteiger partial charge in [-0.3, -0.25) is 4.79 Å². The summed E-state index contributed by atoms with van der Waals surface area (Å²) < 4.78 is 85.9. The number of ether oxygens (including phenoxy) is 1. The SMILES string of the molecule is O=C(c1ccc(C(F)(F)F)cc1)N1CCC(Oc2ccc(-c3noc(C(F)(F)F)n3)cc2)CC1. The Balaban J connectivity index is 1.31. The van der Waals surface area contributed by atoms with Crippen molar-refractivity contribution >= 4 is 5.91 Å². The fraction of sp³-hybridized carbons (Fsp3) is 0.318. The first-order valence-corrected chi connectivity index (χ1v) is 10.2. The van der Waals surface area contributed by atoms with Crippen molar-refractivity contribution < 1.29 is 40.4 Å². The number of carbonyl (C=O) groups is 1. The smallest absolute Gasteiger partial charge is 0.471 e. The maximum atomic E-state index is 12.7. The zero-order valence-corrected chi connectivity index (χ0v) is 17.4. The van der Waals surface area contributed by atoms with Crippen LogP contribution >= 0.6 is 0 Å². The van der Waals surface area contributed by atoms with Crippen molar-refractivity contribution in [2.45, 2.75) is 31.3 Å². The van der Waals surface area contributed by atoms with Gasteiger partial charge in [0.15, 0.2) is 0 Å². The minimum Gasteiger partial charge on any atom is -0.490 e. The Bertz CT molecular complexity index is 1130. The van der Waals surface area contributed by atoms with E-state index in [4.69, 9.17) is 4.74 Å².